The van der Waals surface area contributed by atoms with Crippen molar-refractivity contribution in [2.45, 2.75) is 0 Å². The van der Waals surface area contributed by atoms with Crippen molar-refractivity contribution < 1.29 is 14.6 Å². The summed E-state index contributed by atoms with van der Waals surface area (Å²) in [6.07, 6.45) is 1.45. The zero-order valence-electron chi connectivity index (χ0n) is 7.86. The first-order chi connectivity index (χ1) is 6.75. The van der Waals surface area contributed by atoms with Crippen LogP contribution in [0.2, 0.25) is 0 Å². The lowest BCUT2D eigenvalue weighted by Crippen LogP contribution is -2.27. The maximum absolute atomic E-state index is 11.4. The highest BCUT2D eigenvalue weighted by molar-refractivity contribution is 5.94. The van der Waals surface area contributed by atoms with E-state index in [0.29, 0.717) is 13.2 Å². The molecule has 1 rings (SSSR count). The van der Waals surface area contributed by atoms with Crippen molar-refractivity contribution in [1.82, 2.24) is 10.3 Å². The molecule has 0 aliphatic heterocycles. The summed E-state index contributed by atoms with van der Waals surface area (Å²) in [4.78, 5) is 15.1. The molecule has 5 nitrogen and oxygen atoms in total. The number of amides is 1. The van der Waals surface area contributed by atoms with E-state index in [9.17, 15) is 9.90 Å². The monoisotopic (exact) mass is 196 g/mol. The lowest BCUT2D eigenvalue weighted by atomic mass is 10.3. The minimum Gasteiger partial charge on any atom is -0.505 e. The quantitative estimate of drug-likeness (QED) is 0.673. The van der Waals surface area contributed by atoms with Crippen LogP contribution >= 0.6 is 0 Å². The molecular formula is C9H12N2O3. The molecule has 0 saturated carbocycles. The number of hydrogen-bond acceptors (Lipinski definition) is 4. The Kier molecular flexibility index (Phi) is 3.87. The first-order valence-corrected chi connectivity index (χ1v) is 4.17. The minimum absolute atomic E-state index is 0.0311. The Morgan fingerprint density at radius 1 is 1.71 bits per heavy atom. The van der Waals surface area contributed by atoms with E-state index >= 15 is 0 Å². The molecule has 76 valence electrons. The van der Waals surface area contributed by atoms with Crippen LogP contribution in [0.25, 0.3) is 0 Å². The zero-order valence-corrected chi connectivity index (χ0v) is 7.86. The number of rotatable bonds is 4. The van der Waals surface area contributed by atoms with Crippen LogP contribution in [0.4, 0.5) is 0 Å². The van der Waals surface area contributed by atoms with Gasteiger partial charge in [-0.15, -0.1) is 0 Å². The van der Waals surface area contributed by atoms with Crippen LogP contribution in [-0.2, 0) is 4.74 Å². The Bertz CT molecular complexity index is 315. The van der Waals surface area contributed by atoms with Gasteiger partial charge in [-0.2, -0.15) is 0 Å². The van der Waals surface area contributed by atoms with Crippen LogP contribution in [-0.4, -0.2) is 36.3 Å². The summed E-state index contributed by atoms with van der Waals surface area (Å²) in [5.74, 6) is -0.525. The van der Waals surface area contributed by atoms with E-state index in [1.165, 1.54) is 12.3 Å². The van der Waals surface area contributed by atoms with Gasteiger partial charge in [0.05, 0.1) is 6.61 Å². The van der Waals surface area contributed by atoms with E-state index in [0.717, 1.165) is 0 Å². The molecule has 2 N–H and O–H groups in total. The Morgan fingerprint density at radius 3 is 3.14 bits per heavy atom. The van der Waals surface area contributed by atoms with Gasteiger partial charge in [0.2, 0.25) is 0 Å². The molecule has 1 aromatic rings. The maximum Gasteiger partial charge on any atom is 0.273 e. The molecule has 0 atom stereocenters. The second-order valence-electron chi connectivity index (χ2n) is 2.62. The molecule has 0 saturated heterocycles. The molecule has 5 heteroatoms. The molecule has 0 fully saturated rings. The predicted octanol–water partition coefficient (Wildman–Crippen LogP) is 0.163. The van der Waals surface area contributed by atoms with Crippen LogP contribution in [0.3, 0.4) is 0 Å². The number of carbonyl (C=O) groups excluding carboxylic acids is 1. The minimum atomic E-state index is -0.403. The fourth-order valence-electron chi connectivity index (χ4n) is 0.922. The molecule has 1 heterocycles. The summed E-state index contributed by atoms with van der Waals surface area (Å²) in [5.41, 5.74) is 0.0311. The molecule has 1 amide bonds. The van der Waals surface area contributed by atoms with Gasteiger partial charge in [-0.3, -0.25) is 4.79 Å². The summed E-state index contributed by atoms with van der Waals surface area (Å²) in [6.45, 7) is 0.824. The predicted molar refractivity (Wildman–Crippen MR) is 50.1 cm³/mol. The first-order valence-electron chi connectivity index (χ1n) is 4.17. The van der Waals surface area contributed by atoms with Gasteiger partial charge in [0.15, 0.2) is 5.69 Å². The van der Waals surface area contributed by atoms with Crippen LogP contribution in [0, 0.1) is 0 Å². The van der Waals surface area contributed by atoms with E-state index in [-0.39, 0.29) is 11.4 Å². The van der Waals surface area contributed by atoms with Gasteiger partial charge >= 0.3 is 0 Å². The smallest absolute Gasteiger partial charge is 0.273 e. The summed E-state index contributed by atoms with van der Waals surface area (Å²) in [7, 11) is 1.55. The third-order valence-corrected chi connectivity index (χ3v) is 1.59. The average Bonchev–Trinajstić information content (AvgIpc) is 2.18. The van der Waals surface area contributed by atoms with Crippen molar-refractivity contribution in [3.05, 3.63) is 24.0 Å². The van der Waals surface area contributed by atoms with E-state index in [1.807, 2.05) is 0 Å². The third kappa shape index (κ3) is 2.70. The number of methoxy groups -OCH3 is 1. The summed E-state index contributed by atoms with van der Waals surface area (Å²) >= 11 is 0. The third-order valence-electron chi connectivity index (χ3n) is 1.59. The fraction of sp³-hybridized carbons (Fsp3) is 0.333. The van der Waals surface area contributed by atoms with E-state index in [2.05, 4.69) is 10.3 Å². The lowest BCUT2D eigenvalue weighted by Gasteiger charge is -2.04. The number of carbonyl (C=O) groups is 1. The lowest BCUT2D eigenvalue weighted by molar-refractivity contribution is 0.0929. The van der Waals surface area contributed by atoms with Crippen LogP contribution in [0.15, 0.2) is 18.3 Å². The normalized spacial score (nSPS) is 9.79. The Hall–Kier alpha value is -1.62. The SMILES string of the molecule is COCCNC(=O)c1ncccc1O. The molecule has 0 aromatic carbocycles. The highest BCUT2D eigenvalue weighted by Crippen LogP contribution is 2.11. The number of ether oxygens (including phenoxy) is 1. The molecule has 14 heavy (non-hydrogen) atoms. The van der Waals surface area contributed by atoms with Crippen molar-refractivity contribution in [3.8, 4) is 5.75 Å². The van der Waals surface area contributed by atoms with Crippen molar-refractivity contribution in [1.29, 1.82) is 0 Å². The Balaban J connectivity index is 2.56. The number of aromatic hydroxyl groups is 1. The van der Waals surface area contributed by atoms with Crippen molar-refractivity contribution in [2.24, 2.45) is 0 Å². The van der Waals surface area contributed by atoms with Crippen molar-refractivity contribution >= 4 is 5.91 Å². The Morgan fingerprint density at radius 2 is 2.50 bits per heavy atom. The van der Waals surface area contributed by atoms with Gasteiger partial charge in [-0.05, 0) is 12.1 Å². The number of aromatic nitrogens is 1. The highest BCUT2D eigenvalue weighted by atomic mass is 16.5. The highest BCUT2D eigenvalue weighted by Gasteiger charge is 2.10. The fourth-order valence-corrected chi connectivity index (χ4v) is 0.922. The topological polar surface area (TPSA) is 71.5 Å². The number of hydrogen-bond donors (Lipinski definition) is 2. The second-order valence-corrected chi connectivity index (χ2v) is 2.62. The van der Waals surface area contributed by atoms with Crippen LogP contribution in [0.1, 0.15) is 10.5 Å². The first kappa shape index (κ1) is 10.5. The molecular weight excluding hydrogens is 184 g/mol. The van der Waals surface area contributed by atoms with Crippen molar-refractivity contribution in [2.75, 3.05) is 20.3 Å². The standard InChI is InChI=1S/C9H12N2O3/c1-14-6-5-11-9(13)8-7(12)3-2-4-10-8/h2-4,12H,5-6H2,1H3,(H,11,13). The molecule has 0 radical (unpaired) electrons. The molecule has 0 bridgehead atoms. The molecule has 0 aliphatic carbocycles. The largest absolute Gasteiger partial charge is 0.505 e. The summed E-state index contributed by atoms with van der Waals surface area (Å²) in [6, 6.07) is 2.97. The van der Waals surface area contributed by atoms with E-state index < -0.39 is 5.91 Å². The van der Waals surface area contributed by atoms with Crippen LogP contribution in [0.5, 0.6) is 5.75 Å². The number of nitrogens with zero attached hydrogens (tertiary/aromatic N) is 1. The molecule has 0 aliphatic rings. The zero-order chi connectivity index (χ0) is 10.4. The van der Waals surface area contributed by atoms with Gasteiger partial charge in [0.25, 0.3) is 5.91 Å². The molecule has 0 unspecified atom stereocenters. The second kappa shape index (κ2) is 5.18. The summed E-state index contributed by atoms with van der Waals surface area (Å²) in [5, 5.41) is 11.8. The van der Waals surface area contributed by atoms with Crippen molar-refractivity contribution in [3.63, 3.8) is 0 Å². The van der Waals surface area contributed by atoms with Gasteiger partial charge < -0.3 is 15.2 Å². The van der Waals surface area contributed by atoms with E-state index in [4.69, 9.17) is 4.74 Å². The van der Waals surface area contributed by atoms with Gasteiger partial charge in [0, 0.05) is 19.9 Å². The van der Waals surface area contributed by atoms with Gasteiger partial charge in [-0.25, -0.2) is 4.98 Å². The number of pyridine rings is 1. The average molecular weight is 196 g/mol. The Labute approximate surface area is 81.7 Å². The molecule has 1 aromatic heterocycles. The van der Waals surface area contributed by atoms with Gasteiger partial charge in [0.1, 0.15) is 5.75 Å². The molecule has 0 spiro atoms. The van der Waals surface area contributed by atoms with Crippen LogP contribution < -0.4 is 5.32 Å². The van der Waals surface area contributed by atoms with E-state index in [1.54, 1.807) is 13.2 Å². The van der Waals surface area contributed by atoms with Gasteiger partial charge in [-0.1, -0.05) is 0 Å². The number of nitrogens with one attached hydrogen (secondary N) is 1. The maximum atomic E-state index is 11.4. The summed E-state index contributed by atoms with van der Waals surface area (Å²) < 4.78 is 4.76.